The van der Waals surface area contributed by atoms with Crippen LogP contribution in [0.15, 0.2) is 18.2 Å². The molecule has 1 amide bonds. The number of halogens is 1. The van der Waals surface area contributed by atoms with E-state index in [1.165, 1.54) is 13.2 Å². The smallest absolute Gasteiger partial charge is 0.221 e. The number of carbonyl (C=O) groups excluding carboxylic acids is 1. The van der Waals surface area contributed by atoms with Gasteiger partial charge < -0.3 is 10.1 Å². The van der Waals surface area contributed by atoms with E-state index >= 15 is 0 Å². The highest BCUT2D eigenvalue weighted by atomic mass is 19.1. The summed E-state index contributed by atoms with van der Waals surface area (Å²) >= 11 is 0. The Morgan fingerprint density at radius 3 is 2.73 bits per heavy atom. The molecule has 0 aromatic heterocycles. The Bertz CT molecular complexity index is 575. The largest absolute Gasteiger partial charge is 0.494 e. The first-order valence-electron chi connectivity index (χ1n) is 7.63. The molecule has 5 heteroatoms. The second kappa shape index (κ2) is 7.26. The molecule has 4 nitrogen and oxygen atoms in total. The van der Waals surface area contributed by atoms with Crippen molar-refractivity contribution in [1.29, 1.82) is 5.26 Å². The maximum atomic E-state index is 13.6. The maximum Gasteiger partial charge on any atom is 0.221 e. The van der Waals surface area contributed by atoms with Crippen LogP contribution in [0.3, 0.4) is 0 Å². The molecule has 1 aliphatic rings. The van der Waals surface area contributed by atoms with Gasteiger partial charge in [0, 0.05) is 6.42 Å². The summed E-state index contributed by atoms with van der Waals surface area (Å²) in [5, 5.41) is 12.2. The quantitative estimate of drug-likeness (QED) is 0.909. The van der Waals surface area contributed by atoms with Crippen molar-refractivity contribution in [2.75, 3.05) is 7.11 Å². The van der Waals surface area contributed by atoms with Gasteiger partial charge in [0.25, 0.3) is 0 Å². The normalized spacial score (nSPS) is 16.6. The second-order valence-corrected chi connectivity index (χ2v) is 5.77. The van der Waals surface area contributed by atoms with Crippen molar-refractivity contribution in [1.82, 2.24) is 5.32 Å². The number of nitrogens with zero attached hydrogens (tertiary/aromatic N) is 1. The van der Waals surface area contributed by atoms with Crippen LogP contribution in [0.5, 0.6) is 5.75 Å². The molecule has 1 aromatic carbocycles. The summed E-state index contributed by atoms with van der Waals surface area (Å²) < 4.78 is 18.5. The zero-order valence-corrected chi connectivity index (χ0v) is 12.8. The molecule has 118 valence electrons. The minimum Gasteiger partial charge on any atom is -0.494 e. The molecule has 1 saturated carbocycles. The van der Waals surface area contributed by atoms with Crippen LogP contribution in [-0.2, 0) is 11.2 Å². The molecule has 1 aromatic rings. The van der Waals surface area contributed by atoms with E-state index in [9.17, 15) is 14.4 Å². The fourth-order valence-electron chi connectivity index (χ4n) is 2.87. The number of ether oxygens (including phenoxy) is 1. The molecule has 0 heterocycles. The first-order valence-corrected chi connectivity index (χ1v) is 7.63. The molecule has 0 bridgehead atoms. The Kier molecular flexibility index (Phi) is 5.37. The van der Waals surface area contributed by atoms with E-state index < -0.39 is 11.4 Å². The van der Waals surface area contributed by atoms with Crippen molar-refractivity contribution >= 4 is 5.91 Å². The topological polar surface area (TPSA) is 62.1 Å². The number of carbonyl (C=O) groups is 1. The summed E-state index contributed by atoms with van der Waals surface area (Å²) in [6, 6.07) is 6.95. The minimum absolute atomic E-state index is 0.153. The number of methoxy groups -OCH3 is 1. The number of benzene rings is 1. The third kappa shape index (κ3) is 3.97. The number of rotatable bonds is 5. The number of amides is 1. The Morgan fingerprint density at radius 2 is 2.14 bits per heavy atom. The second-order valence-electron chi connectivity index (χ2n) is 5.77. The predicted octanol–water partition coefficient (Wildman–Crippen LogP) is 3.11. The van der Waals surface area contributed by atoms with E-state index in [0.717, 1.165) is 24.8 Å². The number of aryl methyl sites for hydroxylation is 1. The van der Waals surface area contributed by atoms with Crippen LogP contribution >= 0.6 is 0 Å². The van der Waals surface area contributed by atoms with Gasteiger partial charge in [-0.05, 0) is 37.0 Å². The lowest BCUT2D eigenvalue weighted by molar-refractivity contribution is -0.122. The molecular weight excluding hydrogens is 283 g/mol. The summed E-state index contributed by atoms with van der Waals surface area (Å²) in [6.45, 7) is 0. The molecule has 0 spiro atoms. The zero-order valence-electron chi connectivity index (χ0n) is 12.8. The highest BCUT2D eigenvalue weighted by Crippen LogP contribution is 2.27. The minimum atomic E-state index is -0.708. The Hall–Kier alpha value is -2.09. The standard InChI is InChI=1S/C17H21FN2O2/c1-22-15-7-5-13(11-14(15)18)6-8-16(21)20-17(12-19)9-3-2-4-10-17/h5,7,11H,2-4,6,8-10H2,1H3,(H,20,21). The van der Waals surface area contributed by atoms with Gasteiger partial charge >= 0.3 is 0 Å². The van der Waals surface area contributed by atoms with E-state index in [-0.39, 0.29) is 18.1 Å². The van der Waals surface area contributed by atoms with Crippen molar-refractivity contribution < 1.29 is 13.9 Å². The highest BCUT2D eigenvalue weighted by Gasteiger charge is 2.33. The van der Waals surface area contributed by atoms with Crippen LogP contribution in [0.2, 0.25) is 0 Å². The van der Waals surface area contributed by atoms with Crippen molar-refractivity contribution in [3.8, 4) is 11.8 Å². The monoisotopic (exact) mass is 304 g/mol. The van der Waals surface area contributed by atoms with E-state index in [1.54, 1.807) is 12.1 Å². The van der Waals surface area contributed by atoms with Gasteiger partial charge in [-0.15, -0.1) is 0 Å². The van der Waals surface area contributed by atoms with Crippen molar-refractivity contribution in [3.63, 3.8) is 0 Å². The molecule has 22 heavy (non-hydrogen) atoms. The van der Waals surface area contributed by atoms with E-state index in [4.69, 9.17) is 4.74 Å². The van der Waals surface area contributed by atoms with E-state index in [0.29, 0.717) is 19.3 Å². The van der Waals surface area contributed by atoms with Gasteiger partial charge in [0.15, 0.2) is 11.6 Å². The molecule has 1 N–H and O–H groups in total. The Labute approximate surface area is 130 Å². The molecule has 2 rings (SSSR count). The van der Waals surface area contributed by atoms with Gasteiger partial charge in [0.05, 0.1) is 13.2 Å². The van der Waals surface area contributed by atoms with Crippen molar-refractivity contribution in [2.24, 2.45) is 0 Å². The maximum absolute atomic E-state index is 13.6. The molecule has 0 aliphatic heterocycles. The number of hydrogen-bond donors (Lipinski definition) is 1. The lowest BCUT2D eigenvalue weighted by Gasteiger charge is -2.31. The van der Waals surface area contributed by atoms with Gasteiger partial charge in [-0.1, -0.05) is 25.3 Å². The van der Waals surface area contributed by atoms with Crippen LogP contribution in [0.4, 0.5) is 4.39 Å². The lowest BCUT2D eigenvalue weighted by Crippen LogP contribution is -2.48. The summed E-state index contributed by atoms with van der Waals surface area (Å²) in [5.74, 6) is -0.389. The Morgan fingerprint density at radius 1 is 1.41 bits per heavy atom. The van der Waals surface area contributed by atoms with Crippen LogP contribution in [0, 0.1) is 17.1 Å². The number of nitrogens with one attached hydrogen (secondary N) is 1. The fraction of sp³-hybridized carbons (Fsp3) is 0.529. The predicted molar refractivity (Wildman–Crippen MR) is 80.8 cm³/mol. The summed E-state index contributed by atoms with van der Waals surface area (Å²) in [5.41, 5.74) is 0.0311. The SMILES string of the molecule is COc1ccc(CCC(=O)NC2(C#N)CCCCC2)cc1F. The average molecular weight is 304 g/mol. The molecule has 0 unspecified atom stereocenters. The number of hydrogen-bond acceptors (Lipinski definition) is 3. The molecule has 0 saturated heterocycles. The first-order chi connectivity index (χ1) is 10.6. The zero-order chi connectivity index (χ0) is 16.0. The molecule has 0 atom stereocenters. The molecule has 0 radical (unpaired) electrons. The molecule has 1 fully saturated rings. The first kappa shape index (κ1) is 16.3. The fourth-order valence-corrected chi connectivity index (χ4v) is 2.87. The van der Waals surface area contributed by atoms with Gasteiger partial charge in [0.2, 0.25) is 5.91 Å². The lowest BCUT2D eigenvalue weighted by atomic mass is 9.82. The summed E-state index contributed by atoms with van der Waals surface area (Å²) in [7, 11) is 1.41. The van der Waals surface area contributed by atoms with Gasteiger partial charge in [-0.3, -0.25) is 4.79 Å². The third-order valence-electron chi connectivity index (χ3n) is 4.16. The highest BCUT2D eigenvalue weighted by molar-refractivity contribution is 5.77. The third-order valence-corrected chi connectivity index (χ3v) is 4.16. The van der Waals surface area contributed by atoms with Gasteiger partial charge in [0.1, 0.15) is 5.54 Å². The Balaban J connectivity index is 1.90. The van der Waals surface area contributed by atoms with Gasteiger partial charge in [-0.25, -0.2) is 4.39 Å². The molecular formula is C17H21FN2O2. The molecule has 1 aliphatic carbocycles. The van der Waals surface area contributed by atoms with Crippen LogP contribution in [-0.4, -0.2) is 18.6 Å². The van der Waals surface area contributed by atoms with Crippen molar-refractivity contribution in [3.05, 3.63) is 29.6 Å². The van der Waals surface area contributed by atoms with Gasteiger partial charge in [-0.2, -0.15) is 5.26 Å². The van der Waals surface area contributed by atoms with E-state index in [1.807, 2.05) is 0 Å². The number of nitriles is 1. The van der Waals surface area contributed by atoms with Crippen LogP contribution < -0.4 is 10.1 Å². The van der Waals surface area contributed by atoms with Crippen molar-refractivity contribution in [2.45, 2.75) is 50.5 Å². The summed E-state index contributed by atoms with van der Waals surface area (Å²) in [6.07, 6.45) is 5.17. The average Bonchev–Trinajstić information content (AvgIpc) is 2.54. The van der Waals surface area contributed by atoms with Crippen LogP contribution in [0.1, 0.15) is 44.1 Å². The van der Waals surface area contributed by atoms with E-state index in [2.05, 4.69) is 11.4 Å². The van der Waals surface area contributed by atoms with Crippen LogP contribution in [0.25, 0.3) is 0 Å². The summed E-state index contributed by atoms with van der Waals surface area (Å²) in [4.78, 5) is 12.1.